The van der Waals surface area contributed by atoms with Crippen LogP contribution >= 0.6 is 0 Å². The van der Waals surface area contributed by atoms with Crippen molar-refractivity contribution in [3.05, 3.63) is 5.82 Å². The summed E-state index contributed by atoms with van der Waals surface area (Å²) in [4.78, 5) is 4.10. The summed E-state index contributed by atoms with van der Waals surface area (Å²) < 4.78 is 26.6. The Balaban J connectivity index is 2.26. The smallest absolute Gasteiger partial charge is 0.260 e. The van der Waals surface area contributed by atoms with Crippen LogP contribution in [0.3, 0.4) is 0 Å². The van der Waals surface area contributed by atoms with E-state index in [4.69, 9.17) is 5.73 Å². The topological polar surface area (TPSA) is 68.8 Å². The number of rotatable bonds is 3. The first-order chi connectivity index (χ1) is 7.22. The lowest BCUT2D eigenvalue weighted by molar-refractivity contribution is 0.0711. The monoisotopic (exact) mass is 217 g/mol. The molecular weight excluding hydrogens is 204 g/mol. The third-order valence-electron chi connectivity index (χ3n) is 2.37. The zero-order chi connectivity index (χ0) is 10.8. The number of hydrogen-bond acceptors (Lipinski definition) is 4. The fraction of sp³-hybridized carbons (Fsp3) is 0.750. The van der Waals surface area contributed by atoms with Gasteiger partial charge in [0.1, 0.15) is 6.04 Å². The molecule has 1 aromatic rings. The number of nitrogens with two attached hydrogens (primary N) is 1. The number of anilines is 1. The number of aromatic nitrogens is 3. The largest absolute Gasteiger partial charge is 0.354 e. The second kappa shape index (κ2) is 4.09. The Labute approximate surface area is 85.7 Å². The van der Waals surface area contributed by atoms with Crippen molar-refractivity contribution in [1.82, 2.24) is 14.8 Å². The fourth-order valence-corrected chi connectivity index (χ4v) is 1.64. The third-order valence-corrected chi connectivity index (χ3v) is 2.37. The molecule has 2 rings (SSSR count). The molecule has 0 spiro atoms. The lowest BCUT2D eigenvalue weighted by Gasteiger charge is -2.23. The van der Waals surface area contributed by atoms with Gasteiger partial charge in [0.15, 0.2) is 5.82 Å². The van der Waals surface area contributed by atoms with Crippen molar-refractivity contribution < 1.29 is 8.78 Å². The summed E-state index contributed by atoms with van der Waals surface area (Å²) in [6.45, 7) is 0.929. The average Bonchev–Trinajstić information content (AvgIpc) is 2.59. The fourth-order valence-electron chi connectivity index (χ4n) is 1.64. The summed E-state index contributed by atoms with van der Waals surface area (Å²) in [5.41, 5.74) is 5.36. The van der Waals surface area contributed by atoms with Gasteiger partial charge in [0.05, 0.1) is 0 Å². The number of fused-ring (bicyclic) bond motifs is 1. The molecule has 5 nitrogen and oxygen atoms in total. The van der Waals surface area contributed by atoms with Crippen molar-refractivity contribution in [2.24, 2.45) is 5.73 Å². The molecule has 0 fully saturated rings. The lowest BCUT2D eigenvalue weighted by atomic mass is 10.2. The van der Waals surface area contributed by atoms with E-state index < -0.39 is 12.5 Å². The Morgan fingerprint density at radius 3 is 3.07 bits per heavy atom. The van der Waals surface area contributed by atoms with Crippen LogP contribution in [-0.4, -0.2) is 34.3 Å². The van der Waals surface area contributed by atoms with Gasteiger partial charge in [-0.3, -0.25) is 0 Å². The number of nitrogens with zero attached hydrogens (tertiary/aromatic N) is 3. The van der Waals surface area contributed by atoms with E-state index in [9.17, 15) is 8.78 Å². The van der Waals surface area contributed by atoms with Gasteiger partial charge >= 0.3 is 0 Å². The molecule has 7 heteroatoms. The second-order valence-corrected chi connectivity index (χ2v) is 3.45. The zero-order valence-corrected chi connectivity index (χ0v) is 8.16. The van der Waals surface area contributed by atoms with E-state index in [0.29, 0.717) is 37.7 Å². The highest BCUT2D eigenvalue weighted by Gasteiger charge is 2.29. The Morgan fingerprint density at radius 1 is 1.60 bits per heavy atom. The maximum atomic E-state index is 12.7. The van der Waals surface area contributed by atoms with Crippen LogP contribution in [-0.2, 0) is 6.42 Å². The Kier molecular flexibility index (Phi) is 2.81. The molecule has 1 aromatic heterocycles. The number of halogens is 2. The molecule has 1 unspecified atom stereocenters. The minimum Gasteiger partial charge on any atom is -0.354 e. The van der Waals surface area contributed by atoms with Crippen molar-refractivity contribution in [2.45, 2.75) is 25.3 Å². The molecule has 0 radical (unpaired) electrons. The number of nitrogens with one attached hydrogen (secondary N) is 1. The molecule has 3 N–H and O–H groups in total. The van der Waals surface area contributed by atoms with Crippen LogP contribution in [0.2, 0.25) is 0 Å². The molecule has 2 heterocycles. The van der Waals surface area contributed by atoms with Crippen LogP contribution in [0.4, 0.5) is 14.7 Å². The summed E-state index contributed by atoms with van der Waals surface area (Å²) in [7, 11) is 0. The minimum absolute atomic E-state index is 0.371. The van der Waals surface area contributed by atoms with Crippen LogP contribution in [0.15, 0.2) is 0 Å². The normalized spacial score (nSPS) is 20.1. The van der Waals surface area contributed by atoms with Gasteiger partial charge in [0, 0.05) is 13.0 Å². The van der Waals surface area contributed by atoms with Gasteiger partial charge in [0.25, 0.3) is 6.43 Å². The molecule has 0 aliphatic carbocycles. The predicted octanol–water partition coefficient (Wildman–Crippen LogP) is 0.401. The van der Waals surface area contributed by atoms with Crippen molar-refractivity contribution >= 4 is 5.95 Å². The van der Waals surface area contributed by atoms with Crippen LogP contribution in [0, 0.1) is 0 Å². The molecular formula is C8H13F2N5. The van der Waals surface area contributed by atoms with Crippen molar-refractivity contribution in [2.75, 3.05) is 18.4 Å². The maximum Gasteiger partial charge on any atom is 0.260 e. The van der Waals surface area contributed by atoms with Gasteiger partial charge in [-0.15, -0.1) is 0 Å². The van der Waals surface area contributed by atoms with Gasteiger partial charge in [0.2, 0.25) is 5.95 Å². The Hall–Kier alpha value is -1.24. The number of hydrogen-bond donors (Lipinski definition) is 2. The molecule has 15 heavy (non-hydrogen) atoms. The van der Waals surface area contributed by atoms with Gasteiger partial charge < -0.3 is 11.1 Å². The van der Waals surface area contributed by atoms with Crippen LogP contribution in [0.25, 0.3) is 0 Å². The van der Waals surface area contributed by atoms with Crippen LogP contribution in [0.1, 0.15) is 18.3 Å². The van der Waals surface area contributed by atoms with Gasteiger partial charge in [-0.25, -0.2) is 13.5 Å². The molecule has 0 saturated carbocycles. The summed E-state index contributed by atoms with van der Waals surface area (Å²) in [6.07, 6.45) is -1.52. The van der Waals surface area contributed by atoms with Crippen LogP contribution in [0.5, 0.6) is 0 Å². The predicted molar refractivity (Wildman–Crippen MR) is 50.9 cm³/mol. The maximum absolute atomic E-state index is 12.7. The molecule has 1 aliphatic rings. The molecule has 1 atom stereocenters. The van der Waals surface area contributed by atoms with E-state index in [-0.39, 0.29) is 0 Å². The minimum atomic E-state index is -2.40. The Bertz CT molecular complexity index is 338. The average molecular weight is 217 g/mol. The van der Waals surface area contributed by atoms with E-state index in [1.165, 1.54) is 4.68 Å². The summed E-state index contributed by atoms with van der Waals surface area (Å²) >= 11 is 0. The highest BCUT2D eigenvalue weighted by atomic mass is 19.3. The zero-order valence-electron chi connectivity index (χ0n) is 8.16. The summed E-state index contributed by atoms with van der Waals surface area (Å²) in [5, 5.41) is 6.97. The molecule has 0 aromatic carbocycles. The molecule has 0 bridgehead atoms. The highest BCUT2D eigenvalue weighted by Crippen LogP contribution is 2.26. The summed E-state index contributed by atoms with van der Waals surface area (Å²) in [5.74, 6) is 0.947. The van der Waals surface area contributed by atoms with E-state index >= 15 is 0 Å². The first-order valence-electron chi connectivity index (χ1n) is 4.90. The van der Waals surface area contributed by atoms with E-state index in [0.717, 1.165) is 0 Å². The van der Waals surface area contributed by atoms with E-state index in [1.54, 1.807) is 0 Å². The quantitative estimate of drug-likeness (QED) is 0.769. The molecule has 1 aliphatic heterocycles. The third kappa shape index (κ3) is 1.92. The first-order valence-corrected chi connectivity index (χ1v) is 4.90. The SMILES string of the molecule is NCCc1nc2n(n1)C(C(F)F)CCN2. The lowest BCUT2D eigenvalue weighted by Crippen LogP contribution is -2.28. The molecule has 0 saturated heterocycles. The molecule has 0 amide bonds. The second-order valence-electron chi connectivity index (χ2n) is 3.45. The van der Waals surface area contributed by atoms with Crippen molar-refractivity contribution in [1.29, 1.82) is 0 Å². The first kappa shape index (κ1) is 10.3. The standard InChI is InChI=1S/C8H13F2N5/c9-7(10)5-2-4-12-8-13-6(1-3-11)14-15(5)8/h5,7H,1-4,11H2,(H,12,13,14). The highest BCUT2D eigenvalue weighted by molar-refractivity contribution is 5.28. The summed E-state index contributed by atoms with van der Waals surface area (Å²) in [6, 6.07) is -0.861. The number of alkyl halides is 2. The van der Waals surface area contributed by atoms with E-state index in [1.807, 2.05) is 0 Å². The molecule has 84 valence electrons. The van der Waals surface area contributed by atoms with Gasteiger partial charge in [-0.1, -0.05) is 0 Å². The van der Waals surface area contributed by atoms with Crippen LogP contribution < -0.4 is 11.1 Å². The van der Waals surface area contributed by atoms with E-state index in [2.05, 4.69) is 15.4 Å². The Morgan fingerprint density at radius 2 is 2.40 bits per heavy atom. The van der Waals surface area contributed by atoms with Crippen molar-refractivity contribution in [3.8, 4) is 0 Å². The van der Waals surface area contributed by atoms with Gasteiger partial charge in [-0.2, -0.15) is 10.1 Å². The van der Waals surface area contributed by atoms with Crippen molar-refractivity contribution in [3.63, 3.8) is 0 Å². The van der Waals surface area contributed by atoms with Gasteiger partial charge in [-0.05, 0) is 13.0 Å².